The van der Waals surface area contributed by atoms with Gasteiger partial charge in [0.25, 0.3) is 5.91 Å². The van der Waals surface area contributed by atoms with Crippen molar-refractivity contribution in [1.82, 2.24) is 19.2 Å². The van der Waals surface area contributed by atoms with E-state index in [2.05, 4.69) is 4.98 Å². The molecule has 2 bridgehead atoms. The Hall–Kier alpha value is -2.22. The summed E-state index contributed by atoms with van der Waals surface area (Å²) in [5.74, 6) is -1.69. The highest BCUT2D eigenvalue weighted by Crippen LogP contribution is 2.46. The first-order chi connectivity index (χ1) is 12.9. The summed E-state index contributed by atoms with van der Waals surface area (Å²) in [4.78, 5) is 33.1. The van der Waals surface area contributed by atoms with Gasteiger partial charge in [0, 0.05) is 31.1 Å². The van der Waals surface area contributed by atoms with Crippen LogP contribution in [0, 0.1) is 11.8 Å². The fourth-order valence-corrected chi connectivity index (χ4v) is 4.62. The number of alkyl halides is 2. The largest absolute Gasteiger partial charge is 0.336 e. The Morgan fingerprint density at radius 3 is 2.56 bits per heavy atom. The van der Waals surface area contributed by atoms with Crippen LogP contribution in [0.3, 0.4) is 0 Å². The predicted octanol–water partition coefficient (Wildman–Crippen LogP) is 2.31. The third-order valence-corrected chi connectivity index (χ3v) is 6.19. The van der Waals surface area contributed by atoms with Crippen molar-refractivity contribution in [3.05, 3.63) is 35.4 Å². The average molecular weight is 395 g/mol. The minimum absolute atomic E-state index is 0.0840. The molecule has 2 amide bonds. The number of amides is 2. The molecule has 142 valence electrons. The van der Waals surface area contributed by atoms with Gasteiger partial charge in [0.15, 0.2) is 5.69 Å². The smallest absolute Gasteiger partial charge is 0.275 e. The van der Waals surface area contributed by atoms with Crippen molar-refractivity contribution in [2.24, 2.45) is 11.8 Å². The number of pyridine rings is 1. The van der Waals surface area contributed by atoms with Crippen LogP contribution in [-0.2, 0) is 4.79 Å². The van der Waals surface area contributed by atoms with Gasteiger partial charge in [-0.3, -0.25) is 9.59 Å². The highest BCUT2D eigenvalue weighted by Gasteiger charge is 2.55. The highest BCUT2D eigenvalue weighted by atomic mass is 35.5. The number of carbonyl (C=O) groups excluding carboxylic acids is 2. The van der Waals surface area contributed by atoms with E-state index >= 15 is 0 Å². The Balaban J connectivity index is 1.30. The maximum absolute atomic E-state index is 13.0. The second-order valence-electron chi connectivity index (χ2n) is 7.56. The first kappa shape index (κ1) is 16.9. The topological polar surface area (TPSA) is 57.9 Å². The molecule has 0 spiro atoms. The number of carbonyl (C=O) groups is 2. The van der Waals surface area contributed by atoms with Gasteiger partial charge in [0.1, 0.15) is 6.33 Å². The van der Waals surface area contributed by atoms with Gasteiger partial charge in [-0.25, -0.2) is 13.8 Å². The van der Waals surface area contributed by atoms with Crippen molar-refractivity contribution in [3.8, 4) is 0 Å². The van der Waals surface area contributed by atoms with E-state index in [1.54, 1.807) is 38.9 Å². The van der Waals surface area contributed by atoms with E-state index in [0.717, 1.165) is 0 Å². The molecule has 1 saturated carbocycles. The molecule has 5 rings (SSSR count). The Labute approximate surface area is 158 Å². The summed E-state index contributed by atoms with van der Waals surface area (Å²) in [6.07, 6.45) is 1.78. The standard InChI is InChI=1S/C18H17ClF2N4O2/c19-9-1-2-14-15(22-8-23(14)5-9)18(27)25-7-10-3-11(25)6-24(10)17(26)13-4-12(13)16(20)21/h1-2,5,8,10-13,16H,3-4,6-7H2/t10-,11-,12-,13-/m0/s1. The van der Waals surface area contributed by atoms with Crippen LogP contribution >= 0.6 is 11.6 Å². The molecular weight excluding hydrogens is 378 g/mol. The number of likely N-dealkylation sites (tertiary alicyclic amines) is 2. The molecule has 0 radical (unpaired) electrons. The molecule has 4 heterocycles. The van der Waals surface area contributed by atoms with Crippen molar-refractivity contribution in [3.63, 3.8) is 0 Å². The number of nitrogens with zero attached hydrogens (tertiary/aromatic N) is 4. The van der Waals surface area contributed by atoms with E-state index < -0.39 is 18.3 Å². The van der Waals surface area contributed by atoms with Gasteiger partial charge in [-0.2, -0.15) is 0 Å². The minimum atomic E-state index is -2.43. The fraction of sp³-hybridized carbons (Fsp3) is 0.500. The van der Waals surface area contributed by atoms with Crippen molar-refractivity contribution in [1.29, 1.82) is 0 Å². The molecule has 9 heteroatoms. The molecular formula is C18H17ClF2N4O2. The average Bonchev–Trinajstić information content (AvgIpc) is 2.98. The number of hydrogen-bond acceptors (Lipinski definition) is 3. The van der Waals surface area contributed by atoms with Crippen LogP contribution in [0.15, 0.2) is 24.7 Å². The number of imidazole rings is 1. The first-order valence-electron chi connectivity index (χ1n) is 8.96. The van der Waals surface area contributed by atoms with Gasteiger partial charge in [-0.1, -0.05) is 11.6 Å². The van der Waals surface area contributed by atoms with Gasteiger partial charge in [-0.05, 0) is 25.0 Å². The summed E-state index contributed by atoms with van der Waals surface area (Å²) in [5, 5.41) is 0.551. The molecule has 4 atom stereocenters. The van der Waals surface area contributed by atoms with Crippen molar-refractivity contribution >= 4 is 28.9 Å². The summed E-state index contributed by atoms with van der Waals surface area (Å²) in [6, 6.07) is 3.29. The minimum Gasteiger partial charge on any atom is -0.336 e. The van der Waals surface area contributed by atoms with Crippen LogP contribution in [0.5, 0.6) is 0 Å². The maximum atomic E-state index is 13.0. The lowest BCUT2D eigenvalue weighted by Gasteiger charge is -2.34. The van der Waals surface area contributed by atoms with Crippen LogP contribution in [-0.4, -0.2) is 62.6 Å². The normalized spacial score (nSPS) is 29.2. The number of piperazine rings is 1. The molecule has 0 aromatic carbocycles. The summed E-state index contributed by atoms with van der Waals surface area (Å²) < 4.78 is 27.2. The molecule has 2 aliphatic heterocycles. The predicted molar refractivity (Wildman–Crippen MR) is 92.7 cm³/mol. The highest BCUT2D eigenvalue weighted by molar-refractivity contribution is 6.30. The lowest BCUT2D eigenvalue weighted by molar-refractivity contribution is -0.135. The van der Waals surface area contributed by atoms with Crippen molar-refractivity contribution in [2.45, 2.75) is 31.4 Å². The molecule has 2 aromatic rings. The molecule has 2 aromatic heterocycles. The summed E-state index contributed by atoms with van der Waals surface area (Å²) in [6.45, 7) is 0.841. The second kappa shape index (κ2) is 5.89. The lowest BCUT2D eigenvalue weighted by atomic mass is 10.2. The van der Waals surface area contributed by atoms with Crippen molar-refractivity contribution in [2.75, 3.05) is 13.1 Å². The number of fused-ring (bicyclic) bond motifs is 3. The van der Waals surface area contributed by atoms with Crippen LogP contribution in [0.2, 0.25) is 5.02 Å². The van der Waals surface area contributed by atoms with E-state index in [-0.39, 0.29) is 30.3 Å². The third kappa shape index (κ3) is 2.61. The number of rotatable bonds is 3. The van der Waals surface area contributed by atoms with Crippen LogP contribution in [0.1, 0.15) is 23.3 Å². The number of aromatic nitrogens is 2. The van der Waals surface area contributed by atoms with E-state index in [4.69, 9.17) is 11.6 Å². The molecule has 2 saturated heterocycles. The van der Waals surface area contributed by atoms with Crippen LogP contribution in [0.4, 0.5) is 8.78 Å². The third-order valence-electron chi connectivity index (χ3n) is 5.96. The Bertz CT molecular complexity index is 949. The van der Waals surface area contributed by atoms with Crippen LogP contribution < -0.4 is 0 Å². The molecule has 0 N–H and O–H groups in total. The molecule has 0 unspecified atom stereocenters. The van der Waals surface area contributed by atoms with Gasteiger partial charge >= 0.3 is 0 Å². The Morgan fingerprint density at radius 2 is 1.89 bits per heavy atom. The molecule has 1 aliphatic carbocycles. The van der Waals surface area contributed by atoms with Gasteiger partial charge in [-0.15, -0.1) is 0 Å². The fourth-order valence-electron chi connectivity index (χ4n) is 4.45. The number of hydrogen-bond donors (Lipinski definition) is 0. The maximum Gasteiger partial charge on any atom is 0.275 e. The SMILES string of the molecule is O=C(c1ncn2cc(Cl)ccc12)N1C[C@@H]2C[C@H]1CN2C(=O)[C@H]1C[C@@H]1C(F)F. The number of halogens is 3. The quantitative estimate of drug-likeness (QED) is 0.802. The van der Waals surface area contributed by atoms with Crippen LogP contribution in [0.25, 0.3) is 5.52 Å². The molecule has 3 fully saturated rings. The Kier molecular flexibility index (Phi) is 3.69. The molecule has 6 nitrogen and oxygen atoms in total. The Morgan fingerprint density at radius 1 is 1.15 bits per heavy atom. The zero-order valence-corrected chi connectivity index (χ0v) is 15.0. The summed E-state index contributed by atoms with van der Waals surface area (Å²) in [7, 11) is 0. The van der Waals surface area contributed by atoms with E-state index in [1.807, 2.05) is 0 Å². The van der Waals surface area contributed by atoms with Crippen molar-refractivity contribution < 1.29 is 18.4 Å². The lowest BCUT2D eigenvalue weighted by Crippen LogP contribution is -2.51. The monoisotopic (exact) mass is 394 g/mol. The van der Waals surface area contributed by atoms with Gasteiger partial charge < -0.3 is 14.2 Å². The summed E-state index contributed by atoms with van der Waals surface area (Å²) in [5.41, 5.74) is 1.04. The summed E-state index contributed by atoms with van der Waals surface area (Å²) >= 11 is 5.96. The van der Waals surface area contributed by atoms with Gasteiger partial charge in [0.2, 0.25) is 12.3 Å². The zero-order valence-electron chi connectivity index (χ0n) is 14.3. The first-order valence-corrected chi connectivity index (χ1v) is 9.33. The molecule has 3 aliphatic rings. The van der Waals surface area contributed by atoms with E-state index in [9.17, 15) is 18.4 Å². The van der Waals surface area contributed by atoms with Gasteiger partial charge in [0.05, 0.1) is 22.6 Å². The second-order valence-corrected chi connectivity index (χ2v) is 8.00. The van der Waals surface area contributed by atoms with E-state index in [0.29, 0.717) is 35.7 Å². The van der Waals surface area contributed by atoms with E-state index in [1.165, 1.54) is 0 Å². The molecule has 27 heavy (non-hydrogen) atoms. The zero-order chi connectivity index (χ0) is 18.9.